The molecule has 2 nitrogen and oxygen atoms in total. The molecule has 0 bridgehead atoms. The Hall–Kier alpha value is -0.860. The van der Waals surface area contributed by atoms with E-state index < -0.39 is 0 Å². The van der Waals surface area contributed by atoms with Crippen LogP contribution in [-0.4, -0.2) is 23.8 Å². The number of rotatable bonds is 6. The number of aryl methyl sites for hydroxylation is 1. The van der Waals surface area contributed by atoms with E-state index in [1.165, 1.54) is 24.0 Å². The molecule has 100 valence electrons. The molecule has 1 aliphatic carbocycles. The van der Waals surface area contributed by atoms with Crippen LogP contribution >= 0.6 is 0 Å². The normalized spacial score (nSPS) is 24.6. The van der Waals surface area contributed by atoms with Gasteiger partial charge in [-0.25, -0.2) is 0 Å². The molecule has 1 aliphatic rings. The van der Waals surface area contributed by atoms with Crippen molar-refractivity contribution in [1.29, 1.82) is 0 Å². The number of aliphatic hydroxyl groups excluding tert-OH is 1. The smallest absolute Gasteiger partial charge is 0.0664 e. The van der Waals surface area contributed by atoms with Gasteiger partial charge in [0.05, 0.1) is 6.10 Å². The van der Waals surface area contributed by atoms with Gasteiger partial charge >= 0.3 is 0 Å². The Morgan fingerprint density at radius 2 is 2.17 bits per heavy atom. The molecule has 1 atom stereocenters. The maximum atomic E-state index is 9.67. The fourth-order valence-electron chi connectivity index (χ4n) is 2.72. The van der Waals surface area contributed by atoms with Gasteiger partial charge in [-0.05, 0) is 37.7 Å². The second-order valence-corrected chi connectivity index (χ2v) is 5.63. The molecule has 1 saturated carbocycles. The van der Waals surface area contributed by atoms with E-state index in [2.05, 4.69) is 43.4 Å². The summed E-state index contributed by atoms with van der Waals surface area (Å²) in [5.41, 5.74) is 2.82. The van der Waals surface area contributed by atoms with Gasteiger partial charge in [0, 0.05) is 12.6 Å². The summed E-state index contributed by atoms with van der Waals surface area (Å²) in [6.45, 7) is 5.01. The number of benzene rings is 1. The molecule has 1 fully saturated rings. The molecule has 0 saturated heterocycles. The Bertz CT molecular complexity index is 371. The van der Waals surface area contributed by atoms with E-state index in [0.29, 0.717) is 12.0 Å². The molecule has 0 amide bonds. The molecule has 0 aliphatic heterocycles. The number of nitrogens with one attached hydrogen (secondary N) is 1. The molecule has 0 spiro atoms. The molecule has 2 N–H and O–H groups in total. The molecule has 0 heterocycles. The molecule has 2 heteroatoms. The second-order valence-electron chi connectivity index (χ2n) is 5.63. The van der Waals surface area contributed by atoms with Crippen molar-refractivity contribution in [2.75, 3.05) is 6.54 Å². The molecule has 0 aromatic heterocycles. The van der Waals surface area contributed by atoms with Crippen LogP contribution in [0, 0.1) is 6.92 Å². The SMILES string of the molecule is CCCC(O)CNC1CC(c2cccc(C)c2)C1. The predicted octanol–water partition coefficient (Wildman–Crippen LogP) is 2.99. The average molecular weight is 247 g/mol. The summed E-state index contributed by atoms with van der Waals surface area (Å²) in [6, 6.07) is 9.43. The molecule has 2 rings (SSSR count). The van der Waals surface area contributed by atoms with E-state index >= 15 is 0 Å². The second kappa shape index (κ2) is 6.35. The Labute approximate surface area is 110 Å². The van der Waals surface area contributed by atoms with Crippen LogP contribution in [0.25, 0.3) is 0 Å². The Morgan fingerprint density at radius 1 is 1.39 bits per heavy atom. The molecule has 1 unspecified atom stereocenters. The summed E-state index contributed by atoms with van der Waals surface area (Å²) in [6.07, 6.45) is 4.21. The standard InChI is InChI=1S/C16H25NO/c1-3-5-16(18)11-17-15-9-14(10-15)13-7-4-6-12(2)8-13/h4,6-8,14-18H,3,5,9-11H2,1-2H3. The molecular formula is C16H25NO. The molecule has 0 radical (unpaired) electrons. The van der Waals surface area contributed by atoms with Gasteiger partial charge in [0.25, 0.3) is 0 Å². The largest absolute Gasteiger partial charge is 0.392 e. The van der Waals surface area contributed by atoms with Crippen LogP contribution in [0.3, 0.4) is 0 Å². The summed E-state index contributed by atoms with van der Waals surface area (Å²) < 4.78 is 0. The first kappa shape index (κ1) is 13.6. The van der Waals surface area contributed by atoms with Crippen molar-refractivity contribution in [3.63, 3.8) is 0 Å². The van der Waals surface area contributed by atoms with Gasteiger partial charge in [-0.3, -0.25) is 0 Å². The van der Waals surface area contributed by atoms with E-state index in [4.69, 9.17) is 0 Å². The number of hydrogen-bond donors (Lipinski definition) is 2. The number of aliphatic hydroxyl groups is 1. The minimum absolute atomic E-state index is 0.173. The zero-order chi connectivity index (χ0) is 13.0. The predicted molar refractivity (Wildman–Crippen MR) is 75.9 cm³/mol. The molecular weight excluding hydrogens is 222 g/mol. The van der Waals surface area contributed by atoms with E-state index in [0.717, 1.165) is 19.4 Å². The van der Waals surface area contributed by atoms with Crippen molar-refractivity contribution < 1.29 is 5.11 Å². The number of hydrogen-bond acceptors (Lipinski definition) is 2. The molecule has 18 heavy (non-hydrogen) atoms. The lowest BCUT2D eigenvalue weighted by Gasteiger charge is -2.37. The lowest BCUT2D eigenvalue weighted by molar-refractivity contribution is 0.145. The highest BCUT2D eigenvalue weighted by molar-refractivity contribution is 5.27. The van der Waals surface area contributed by atoms with E-state index in [-0.39, 0.29) is 6.10 Å². The van der Waals surface area contributed by atoms with Gasteiger partial charge < -0.3 is 10.4 Å². The molecule has 1 aromatic carbocycles. The highest BCUT2D eigenvalue weighted by Gasteiger charge is 2.30. The van der Waals surface area contributed by atoms with Crippen LogP contribution in [0.1, 0.15) is 49.7 Å². The highest BCUT2D eigenvalue weighted by atomic mass is 16.3. The summed E-state index contributed by atoms with van der Waals surface area (Å²) >= 11 is 0. The van der Waals surface area contributed by atoms with Crippen molar-refractivity contribution in [3.05, 3.63) is 35.4 Å². The maximum Gasteiger partial charge on any atom is 0.0664 e. The first-order valence-electron chi connectivity index (χ1n) is 7.17. The van der Waals surface area contributed by atoms with Crippen LogP contribution in [0.15, 0.2) is 24.3 Å². The Morgan fingerprint density at radius 3 is 2.83 bits per heavy atom. The fraction of sp³-hybridized carbons (Fsp3) is 0.625. The average Bonchev–Trinajstić information content (AvgIpc) is 2.27. The van der Waals surface area contributed by atoms with Crippen molar-refractivity contribution in [3.8, 4) is 0 Å². The van der Waals surface area contributed by atoms with Gasteiger partial charge in [0.1, 0.15) is 0 Å². The first-order chi connectivity index (χ1) is 8.69. The third kappa shape index (κ3) is 3.56. The van der Waals surface area contributed by atoms with Crippen LogP contribution < -0.4 is 5.32 Å². The van der Waals surface area contributed by atoms with Crippen LogP contribution in [0.2, 0.25) is 0 Å². The Balaban J connectivity index is 1.71. The van der Waals surface area contributed by atoms with Crippen molar-refractivity contribution in [2.45, 2.75) is 57.6 Å². The summed E-state index contributed by atoms with van der Waals surface area (Å²) in [7, 11) is 0. The lowest BCUT2D eigenvalue weighted by Crippen LogP contribution is -2.43. The quantitative estimate of drug-likeness (QED) is 0.810. The minimum Gasteiger partial charge on any atom is -0.392 e. The monoisotopic (exact) mass is 247 g/mol. The zero-order valence-electron chi connectivity index (χ0n) is 11.5. The van der Waals surface area contributed by atoms with Gasteiger partial charge in [0.15, 0.2) is 0 Å². The maximum absolute atomic E-state index is 9.67. The topological polar surface area (TPSA) is 32.3 Å². The van der Waals surface area contributed by atoms with Crippen molar-refractivity contribution in [1.82, 2.24) is 5.32 Å². The van der Waals surface area contributed by atoms with Crippen molar-refractivity contribution in [2.24, 2.45) is 0 Å². The van der Waals surface area contributed by atoms with Gasteiger partial charge in [-0.15, -0.1) is 0 Å². The van der Waals surface area contributed by atoms with E-state index in [1.807, 2.05) is 0 Å². The minimum atomic E-state index is -0.173. The van der Waals surface area contributed by atoms with Crippen LogP contribution in [0.4, 0.5) is 0 Å². The van der Waals surface area contributed by atoms with Crippen LogP contribution in [0.5, 0.6) is 0 Å². The third-order valence-corrected chi connectivity index (χ3v) is 3.92. The van der Waals surface area contributed by atoms with E-state index in [9.17, 15) is 5.11 Å². The van der Waals surface area contributed by atoms with Gasteiger partial charge in [-0.1, -0.05) is 43.2 Å². The summed E-state index contributed by atoms with van der Waals surface area (Å²) in [4.78, 5) is 0. The van der Waals surface area contributed by atoms with Gasteiger partial charge in [0.2, 0.25) is 0 Å². The zero-order valence-corrected chi connectivity index (χ0v) is 11.5. The van der Waals surface area contributed by atoms with Gasteiger partial charge in [-0.2, -0.15) is 0 Å². The van der Waals surface area contributed by atoms with Crippen LogP contribution in [-0.2, 0) is 0 Å². The fourth-order valence-corrected chi connectivity index (χ4v) is 2.72. The summed E-state index contributed by atoms with van der Waals surface area (Å²) in [5.74, 6) is 0.714. The van der Waals surface area contributed by atoms with E-state index in [1.54, 1.807) is 0 Å². The lowest BCUT2D eigenvalue weighted by atomic mass is 9.75. The third-order valence-electron chi connectivity index (χ3n) is 3.92. The van der Waals surface area contributed by atoms with Crippen molar-refractivity contribution >= 4 is 0 Å². The summed E-state index contributed by atoms with van der Waals surface area (Å²) in [5, 5.41) is 13.1. The molecule has 1 aromatic rings. The Kier molecular flexibility index (Phi) is 4.79. The highest BCUT2D eigenvalue weighted by Crippen LogP contribution is 2.36. The first-order valence-corrected chi connectivity index (χ1v) is 7.17.